The molecule has 0 atom stereocenters. The van der Waals surface area contributed by atoms with E-state index < -0.39 is 0 Å². The first-order valence-corrected chi connectivity index (χ1v) is 9.41. The van der Waals surface area contributed by atoms with Crippen LogP contribution in [0.1, 0.15) is 25.0 Å². The summed E-state index contributed by atoms with van der Waals surface area (Å²) in [5.41, 5.74) is 10.2. The van der Waals surface area contributed by atoms with Crippen molar-refractivity contribution in [2.45, 2.75) is 19.3 Å². The molecule has 0 bridgehead atoms. The monoisotopic (exact) mass is 347 g/mol. The molecule has 0 N–H and O–H groups in total. The van der Waals surface area contributed by atoms with Crippen molar-refractivity contribution in [3.8, 4) is 33.5 Å². The van der Waals surface area contributed by atoms with Gasteiger partial charge < -0.3 is 0 Å². The Labute approximate surface area is 160 Å². The summed E-state index contributed by atoms with van der Waals surface area (Å²) in [5.74, 6) is 0. The molecule has 5 rings (SSSR count). The smallest absolute Gasteiger partial charge is 0.0708 e. The fourth-order valence-corrected chi connectivity index (χ4v) is 4.45. The van der Waals surface area contributed by atoms with Gasteiger partial charge >= 0.3 is 0 Å². The summed E-state index contributed by atoms with van der Waals surface area (Å²) in [5, 5.41) is 0. The van der Waals surface area contributed by atoms with Crippen LogP contribution in [0.25, 0.3) is 33.5 Å². The molecule has 0 spiro atoms. The van der Waals surface area contributed by atoms with Gasteiger partial charge in [0.2, 0.25) is 0 Å². The minimum atomic E-state index is -0.0152. The molecule has 1 nitrogen and oxygen atoms in total. The van der Waals surface area contributed by atoms with E-state index in [0.717, 1.165) is 11.3 Å². The Bertz CT molecular complexity index is 1140. The van der Waals surface area contributed by atoms with Crippen LogP contribution >= 0.6 is 0 Å². The molecule has 0 saturated carbocycles. The van der Waals surface area contributed by atoms with Gasteiger partial charge in [0.15, 0.2) is 0 Å². The topological polar surface area (TPSA) is 12.9 Å². The quantitative estimate of drug-likeness (QED) is 0.392. The average molecular weight is 347 g/mol. The molecule has 0 aliphatic heterocycles. The highest BCUT2D eigenvalue weighted by atomic mass is 14.7. The molecule has 0 radical (unpaired) electrons. The van der Waals surface area contributed by atoms with E-state index in [1.165, 1.54) is 33.4 Å². The Morgan fingerprint density at radius 2 is 1.33 bits per heavy atom. The highest BCUT2D eigenvalue weighted by Crippen LogP contribution is 2.51. The molecular formula is C26H21N. The maximum atomic E-state index is 4.60. The number of pyridine rings is 1. The molecule has 0 amide bonds. The molecule has 27 heavy (non-hydrogen) atoms. The molecule has 0 saturated heterocycles. The van der Waals surface area contributed by atoms with E-state index in [1.54, 1.807) is 0 Å². The predicted molar refractivity (Wildman–Crippen MR) is 113 cm³/mol. The van der Waals surface area contributed by atoms with Gasteiger partial charge in [-0.1, -0.05) is 86.6 Å². The molecule has 0 fully saturated rings. The van der Waals surface area contributed by atoms with Crippen LogP contribution in [-0.4, -0.2) is 4.98 Å². The molecule has 1 heterocycles. The lowest BCUT2D eigenvalue weighted by molar-refractivity contribution is 0.662. The molecule has 1 aromatic heterocycles. The minimum Gasteiger partial charge on any atom is -0.256 e. The van der Waals surface area contributed by atoms with E-state index in [9.17, 15) is 0 Å². The van der Waals surface area contributed by atoms with Crippen molar-refractivity contribution in [1.29, 1.82) is 0 Å². The first kappa shape index (κ1) is 16.0. The average Bonchev–Trinajstić information content (AvgIpc) is 2.97. The number of aromatic nitrogens is 1. The van der Waals surface area contributed by atoms with Crippen molar-refractivity contribution in [3.05, 3.63) is 102 Å². The van der Waals surface area contributed by atoms with Gasteiger partial charge in [0.25, 0.3) is 0 Å². The van der Waals surface area contributed by atoms with Gasteiger partial charge in [-0.25, -0.2) is 0 Å². The van der Waals surface area contributed by atoms with Crippen molar-refractivity contribution in [3.63, 3.8) is 0 Å². The first-order valence-electron chi connectivity index (χ1n) is 9.41. The normalized spacial score (nSPS) is 13.9. The Morgan fingerprint density at radius 3 is 2.19 bits per heavy atom. The molecule has 130 valence electrons. The predicted octanol–water partition coefficient (Wildman–Crippen LogP) is 6.72. The second kappa shape index (κ2) is 5.92. The highest BCUT2D eigenvalue weighted by Gasteiger charge is 2.37. The summed E-state index contributed by atoms with van der Waals surface area (Å²) in [4.78, 5) is 4.60. The third-order valence-corrected chi connectivity index (χ3v) is 5.72. The van der Waals surface area contributed by atoms with Gasteiger partial charge in [-0.15, -0.1) is 0 Å². The minimum absolute atomic E-state index is 0.0152. The Morgan fingerprint density at radius 1 is 0.630 bits per heavy atom. The van der Waals surface area contributed by atoms with E-state index in [4.69, 9.17) is 0 Å². The number of benzene rings is 3. The molecule has 0 unspecified atom stereocenters. The zero-order valence-electron chi connectivity index (χ0n) is 15.6. The standard InChI is InChI=1S/C26H21N/c1-26(2)23-14-7-6-11-21(23)22-13-8-12-20(25(22)26)19-15-16-27-24(17-19)18-9-4-3-5-10-18/h3-17H,1-2H3. The van der Waals surface area contributed by atoms with Crippen LogP contribution < -0.4 is 0 Å². The highest BCUT2D eigenvalue weighted by molar-refractivity contribution is 5.88. The number of fused-ring (bicyclic) bond motifs is 3. The van der Waals surface area contributed by atoms with Crippen LogP contribution in [0.5, 0.6) is 0 Å². The summed E-state index contributed by atoms with van der Waals surface area (Å²) in [7, 11) is 0. The van der Waals surface area contributed by atoms with Crippen molar-refractivity contribution in [2.75, 3.05) is 0 Å². The number of hydrogen-bond acceptors (Lipinski definition) is 1. The lowest BCUT2D eigenvalue weighted by Gasteiger charge is -2.24. The summed E-state index contributed by atoms with van der Waals surface area (Å²) in [6.07, 6.45) is 1.92. The fourth-order valence-electron chi connectivity index (χ4n) is 4.45. The zero-order valence-corrected chi connectivity index (χ0v) is 15.6. The Hall–Kier alpha value is -3.19. The van der Waals surface area contributed by atoms with Crippen molar-refractivity contribution >= 4 is 0 Å². The maximum Gasteiger partial charge on any atom is 0.0708 e. The second-order valence-corrected chi connectivity index (χ2v) is 7.69. The van der Waals surface area contributed by atoms with E-state index in [-0.39, 0.29) is 5.41 Å². The third-order valence-electron chi connectivity index (χ3n) is 5.72. The molecule has 1 aliphatic rings. The molecule has 3 aromatic carbocycles. The summed E-state index contributed by atoms with van der Waals surface area (Å²) >= 11 is 0. The lowest BCUT2D eigenvalue weighted by atomic mass is 9.79. The number of rotatable bonds is 2. The van der Waals surface area contributed by atoms with Gasteiger partial charge in [0.1, 0.15) is 0 Å². The van der Waals surface area contributed by atoms with E-state index >= 15 is 0 Å². The second-order valence-electron chi connectivity index (χ2n) is 7.69. The van der Waals surface area contributed by atoms with Crippen molar-refractivity contribution < 1.29 is 0 Å². The van der Waals surface area contributed by atoms with Gasteiger partial charge in [0, 0.05) is 17.2 Å². The molecule has 1 heteroatoms. The van der Waals surface area contributed by atoms with Crippen LogP contribution in [0.3, 0.4) is 0 Å². The fraction of sp³-hybridized carbons (Fsp3) is 0.115. The first-order chi connectivity index (χ1) is 13.2. The third kappa shape index (κ3) is 2.43. The van der Waals surface area contributed by atoms with Gasteiger partial charge in [-0.05, 0) is 45.5 Å². The van der Waals surface area contributed by atoms with Crippen LogP contribution in [0.15, 0.2) is 91.1 Å². The van der Waals surface area contributed by atoms with E-state index in [0.29, 0.717) is 0 Å². The van der Waals surface area contributed by atoms with Crippen LogP contribution in [0.4, 0.5) is 0 Å². The summed E-state index contributed by atoms with van der Waals surface area (Å²) < 4.78 is 0. The zero-order chi connectivity index (χ0) is 18.4. The summed E-state index contributed by atoms with van der Waals surface area (Å²) in [6.45, 7) is 4.67. The van der Waals surface area contributed by atoms with Crippen molar-refractivity contribution in [2.24, 2.45) is 0 Å². The lowest BCUT2D eigenvalue weighted by Crippen LogP contribution is -2.16. The SMILES string of the molecule is CC1(C)c2ccccc2-c2cccc(-c3ccnc(-c4ccccc4)c3)c21. The Balaban J connectivity index is 1.72. The largest absolute Gasteiger partial charge is 0.256 e. The number of hydrogen-bond donors (Lipinski definition) is 0. The van der Waals surface area contributed by atoms with Crippen LogP contribution in [0, 0.1) is 0 Å². The van der Waals surface area contributed by atoms with Crippen molar-refractivity contribution in [1.82, 2.24) is 4.98 Å². The molecular weight excluding hydrogens is 326 g/mol. The molecule has 4 aromatic rings. The van der Waals surface area contributed by atoms with Crippen LogP contribution in [-0.2, 0) is 5.41 Å². The van der Waals surface area contributed by atoms with E-state index in [1.807, 2.05) is 12.3 Å². The van der Waals surface area contributed by atoms with Gasteiger partial charge in [0.05, 0.1) is 5.69 Å². The van der Waals surface area contributed by atoms with E-state index in [2.05, 4.69) is 97.7 Å². The Kier molecular flexibility index (Phi) is 3.51. The van der Waals surface area contributed by atoms with Gasteiger partial charge in [-0.3, -0.25) is 4.98 Å². The molecule has 1 aliphatic carbocycles. The van der Waals surface area contributed by atoms with Gasteiger partial charge in [-0.2, -0.15) is 0 Å². The van der Waals surface area contributed by atoms with Crippen LogP contribution in [0.2, 0.25) is 0 Å². The number of nitrogens with zero attached hydrogens (tertiary/aromatic N) is 1. The maximum absolute atomic E-state index is 4.60. The summed E-state index contributed by atoms with van der Waals surface area (Å²) in [6, 6.07) is 30.2.